The number of rotatable bonds is 3. The molecule has 0 radical (unpaired) electrons. The Kier molecular flexibility index (Phi) is 4.14. The lowest BCUT2D eigenvalue weighted by Crippen LogP contribution is -2.23. The maximum Gasteiger partial charge on any atom is 0.261 e. The summed E-state index contributed by atoms with van der Waals surface area (Å²) in [5.74, 6) is -2.96. The molecule has 2 N–H and O–H groups in total. The van der Waals surface area contributed by atoms with Crippen molar-refractivity contribution in [3.05, 3.63) is 75.6 Å². The Bertz CT molecular complexity index is 1070. The number of Topliss-reactive ketones (excluding diaryl/α,β-unsaturated/α-hetero) is 1. The Morgan fingerprint density at radius 3 is 2.52 bits per heavy atom. The second kappa shape index (κ2) is 6.27. The van der Waals surface area contributed by atoms with E-state index >= 15 is 0 Å². The van der Waals surface area contributed by atoms with Crippen LogP contribution in [0.3, 0.4) is 0 Å². The predicted octanol–water partition coefficient (Wildman–Crippen LogP) is 3.26. The molecule has 0 spiro atoms. The van der Waals surface area contributed by atoms with E-state index in [1.165, 1.54) is 19.1 Å². The van der Waals surface area contributed by atoms with Gasteiger partial charge in [-0.25, -0.2) is 8.78 Å². The van der Waals surface area contributed by atoms with Gasteiger partial charge in [-0.3, -0.25) is 14.4 Å². The minimum absolute atomic E-state index is 0.0526. The van der Waals surface area contributed by atoms with E-state index in [2.05, 4.69) is 10.3 Å². The first-order valence-electron chi connectivity index (χ1n) is 7.30. The van der Waals surface area contributed by atoms with E-state index in [1.807, 2.05) is 0 Å². The molecular weight excluding hydrogens is 330 g/mol. The lowest BCUT2D eigenvalue weighted by Gasteiger charge is -2.09. The minimum atomic E-state index is -1.06. The molecule has 0 saturated heterocycles. The number of carbonyl (C=O) groups excluding carboxylic acids is 2. The number of halogens is 2. The number of hydrogen-bond acceptors (Lipinski definition) is 3. The smallest absolute Gasteiger partial charge is 0.261 e. The van der Waals surface area contributed by atoms with Crippen LogP contribution in [0.2, 0.25) is 0 Å². The van der Waals surface area contributed by atoms with Crippen LogP contribution in [0.1, 0.15) is 27.6 Å². The van der Waals surface area contributed by atoms with Gasteiger partial charge in [0.15, 0.2) is 5.78 Å². The average Bonchev–Trinajstić information content (AvgIpc) is 2.54. The molecule has 2 aromatic carbocycles. The fourth-order valence-corrected chi connectivity index (χ4v) is 2.53. The molecule has 0 bridgehead atoms. The summed E-state index contributed by atoms with van der Waals surface area (Å²) in [6, 6.07) is 7.84. The average molecular weight is 342 g/mol. The summed E-state index contributed by atoms with van der Waals surface area (Å²) in [5, 5.41) is 2.06. The summed E-state index contributed by atoms with van der Waals surface area (Å²) in [6.07, 6.45) is 1.08. The monoisotopic (exact) mass is 342 g/mol. The molecule has 0 unspecified atom stereocenters. The van der Waals surface area contributed by atoms with Crippen LogP contribution in [0.4, 0.5) is 14.5 Å². The number of nitrogens with one attached hydrogen (secondary N) is 2. The zero-order chi connectivity index (χ0) is 18.1. The Morgan fingerprint density at radius 1 is 1.08 bits per heavy atom. The number of H-pyrrole nitrogens is 1. The second-order valence-corrected chi connectivity index (χ2v) is 5.40. The van der Waals surface area contributed by atoms with E-state index in [9.17, 15) is 23.2 Å². The fraction of sp³-hybridized carbons (Fsp3) is 0.0556. The van der Waals surface area contributed by atoms with Crippen LogP contribution < -0.4 is 10.7 Å². The molecule has 126 valence electrons. The van der Waals surface area contributed by atoms with Crippen LogP contribution >= 0.6 is 0 Å². The van der Waals surface area contributed by atoms with Gasteiger partial charge in [0.1, 0.15) is 17.2 Å². The van der Waals surface area contributed by atoms with Gasteiger partial charge in [-0.05, 0) is 25.1 Å². The van der Waals surface area contributed by atoms with Crippen LogP contribution in [0.25, 0.3) is 10.9 Å². The first-order valence-corrected chi connectivity index (χ1v) is 7.30. The second-order valence-electron chi connectivity index (χ2n) is 5.40. The van der Waals surface area contributed by atoms with Gasteiger partial charge in [0.2, 0.25) is 5.43 Å². The van der Waals surface area contributed by atoms with E-state index in [1.54, 1.807) is 12.1 Å². The lowest BCUT2D eigenvalue weighted by molar-refractivity contribution is 0.101. The number of pyridine rings is 1. The first kappa shape index (κ1) is 16.5. The number of carbonyl (C=O) groups is 2. The molecule has 5 nitrogen and oxygen atoms in total. The first-order chi connectivity index (χ1) is 11.9. The van der Waals surface area contributed by atoms with Gasteiger partial charge < -0.3 is 10.3 Å². The molecule has 25 heavy (non-hydrogen) atoms. The third kappa shape index (κ3) is 3.03. The zero-order valence-corrected chi connectivity index (χ0v) is 13.0. The topological polar surface area (TPSA) is 79.0 Å². The number of anilines is 1. The minimum Gasteiger partial charge on any atom is -0.360 e. The van der Waals surface area contributed by atoms with Crippen molar-refractivity contribution in [3.63, 3.8) is 0 Å². The maximum atomic E-state index is 13.9. The van der Waals surface area contributed by atoms with Crippen molar-refractivity contribution in [1.29, 1.82) is 0 Å². The van der Waals surface area contributed by atoms with Crippen molar-refractivity contribution in [2.24, 2.45) is 0 Å². The van der Waals surface area contributed by atoms with E-state index in [-0.39, 0.29) is 28.1 Å². The molecule has 0 aliphatic carbocycles. The van der Waals surface area contributed by atoms with Crippen LogP contribution in [-0.4, -0.2) is 16.7 Å². The van der Waals surface area contributed by atoms with Crippen LogP contribution in [0.15, 0.2) is 47.4 Å². The number of fused-ring (bicyclic) bond motifs is 1. The van der Waals surface area contributed by atoms with Crippen molar-refractivity contribution in [2.75, 3.05) is 5.32 Å². The van der Waals surface area contributed by atoms with Crippen molar-refractivity contribution in [2.45, 2.75) is 6.92 Å². The Labute approximate surface area is 140 Å². The molecule has 0 aliphatic heterocycles. The standard InChI is InChI=1S/C18H12F2N2O3/c1-9(23)11-4-2-3-5-14(11)22-18(25)12-8-21-15-7-10(19)6-13(20)16(15)17(12)24/h2-8H,1H3,(H,21,24)(H,22,25). The van der Waals surface area contributed by atoms with Crippen LogP contribution in [0.5, 0.6) is 0 Å². The number of aromatic nitrogens is 1. The fourth-order valence-electron chi connectivity index (χ4n) is 2.53. The van der Waals surface area contributed by atoms with Crippen molar-refractivity contribution >= 4 is 28.3 Å². The molecule has 1 heterocycles. The third-order valence-electron chi connectivity index (χ3n) is 3.70. The van der Waals surface area contributed by atoms with Crippen LogP contribution in [-0.2, 0) is 0 Å². The molecule has 3 aromatic rings. The molecule has 0 aliphatic rings. The molecule has 0 atom stereocenters. The number of ketones is 1. The van der Waals surface area contributed by atoms with Crippen molar-refractivity contribution in [3.8, 4) is 0 Å². The van der Waals surface area contributed by atoms with Gasteiger partial charge in [0.25, 0.3) is 5.91 Å². The highest BCUT2D eigenvalue weighted by Gasteiger charge is 2.18. The third-order valence-corrected chi connectivity index (χ3v) is 3.70. The van der Waals surface area contributed by atoms with E-state index in [4.69, 9.17) is 0 Å². The highest BCUT2D eigenvalue weighted by molar-refractivity contribution is 6.09. The van der Waals surface area contributed by atoms with Gasteiger partial charge in [-0.1, -0.05) is 12.1 Å². The number of para-hydroxylation sites is 1. The van der Waals surface area contributed by atoms with Crippen molar-refractivity contribution < 1.29 is 18.4 Å². The molecule has 7 heteroatoms. The Hall–Kier alpha value is -3.35. The van der Waals surface area contributed by atoms with Gasteiger partial charge >= 0.3 is 0 Å². The summed E-state index contributed by atoms with van der Waals surface area (Å²) in [4.78, 5) is 38.9. The van der Waals surface area contributed by atoms with Gasteiger partial charge in [0.05, 0.1) is 16.6 Å². The molecule has 0 fully saturated rings. The van der Waals surface area contributed by atoms with Gasteiger partial charge in [-0.2, -0.15) is 0 Å². The maximum absolute atomic E-state index is 13.9. The van der Waals surface area contributed by atoms with E-state index < -0.39 is 28.4 Å². The molecule has 0 saturated carbocycles. The summed E-state index contributed by atoms with van der Waals surface area (Å²) in [6.45, 7) is 1.34. The largest absolute Gasteiger partial charge is 0.360 e. The Balaban J connectivity index is 2.06. The SMILES string of the molecule is CC(=O)c1ccccc1NC(=O)c1c[nH]c2cc(F)cc(F)c2c1=O. The lowest BCUT2D eigenvalue weighted by atomic mass is 10.1. The van der Waals surface area contributed by atoms with E-state index in [0.29, 0.717) is 6.07 Å². The molecule has 1 amide bonds. The van der Waals surface area contributed by atoms with Crippen molar-refractivity contribution in [1.82, 2.24) is 4.98 Å². The van der Waals surface area contributed by atoms with Gasteiger partial charge in [0, 0.05) is 17.8 Å². The zero-order valence-electron chi connectivity index (χ0n) is 13.0. The summed E-state index contributed by atoms with van der Waals surface area (Å²) in [5.41, 5.74) is -0.760. The predicted molar refractivity (Wildman–Crippen MR) is 88.9 cm³/mol. The van der Waals surface area contributed by atoms with E-state index in [0.717, 1.165) is 12.3 Å². The number of hydrogen-bond donors (Lipinski definition) is 2. The quantitative estimate of drug-likeness (QED) is 0.717. The summed E-state index contributed by atoms with van der Waals surface area (Å²) < 4.78 is 27.1. The molecule has 1 aromatic heterocycles. The highest BCUT2D eigenvalue weighted by Crippen LogP contribution is 2.18. The highest BCUT2D eigenvalue weighted by atomic mass is 19.1. The summed E-state index contributed by atoms with van der Waals surface area (Å²) in [7, 11) is 0. The molecular formula is C18H12F2N2O3. The molecule has 3 rings (SSSR count). The normalized spacial score (nSPS) is 10.7. The summed E-state index contributed by atoms with van der Waals surface area (Å²) >= 11 is 0. The number of aromatic amines is 1. The van der Waals surface area contributed by atoms with Gasteiger partial charge in [-0.15, -0.1) is 0 Å². The number of amides is 1. The van der Waals surface area contributed by atoms with Crippen LogP contribution in [0, 0.1) is 11.6 Å². The number of benzene rings is 2. The Morgan fingerprint density at radius 2 is 1.80 bits per heavy atom.